The van der Waals surface area contributed by atoms with Crippen molar-refractivity contribution in [3.63, 3.8) is 0 Å². The molecule has 2 N–H and O–H groups in total. The van der Waals surface area contributed by atoms with E-state index in [9.17, 15) is 9.59 Å². The van der Waals surface area contributed by atoms with Gasteiger partial charge in [0.1, 0.15) is 0 Å². The number of hydrazone groups is 1. The molecule has 2 amide bonds. The zero-order valence-corrected chi connectivity index (χ0v) is 14.2. The number of anilines is 1. The Labute approximate surface area is 145 Å². The SMILES string of the molecule is COc1ccc(C(=O)NN=Cc2ccc(NC(C)=O)cc2)cc1OC. The third kappa shape index (κ3) is 5.07. The second-order valence-corrected chi connectivity index (χ2v) is 5.07. The van der Waals surface area contributed by atoms with Crippen molar-refractivity contribution < 1.29 is 19.1 Å². The summed E-state index contributed by atoms with van der Waals surface area (Å²) in [4.78, 5) is 23.1. The highest BCUT2D eigenvalue weighted by Gasteiger charge is 2.09. The fourth-order valence-corrected chi connectivity index (χ4v) is 2.06. The Kier molecular flexibility index (Phi) is 6.11. The van der Waals surface area contributed by atoms with E-state index in [4.69, 9.17) is 9.47 Å². The van der Waals surface area contributed by atoms with Gasteiger partial charge >= 0.3 is 0 Å². The molecule has 2 rings (SSSR count). The number of nitrogens with zero attached hydrogens (tertiary/aromatic N) is 1. The van der Waals surface area contributed by atoms with Crippen LogP contribution in [0.15, 0.2) is 47.6 Å². The van der Waals surface area contributed by atoms with Crippen molar-refractivity contribution in [1.82, 2.24) is 5.43 Å². The van der Waals surface area contributed by atoms with Crippen LogP contribution in [0, 0.1) is 0 Å². The molecule has 0 heterocycles. The summed E-state index contributed by atoms with van der Waals surface area (Å²) in [6.45, 7) is 1.44. The molecule has 0 aliphatic heterocycles. The maximum absolute atomic E-state index is 12.1. The smallest absolute Gasteiger partial charge is 0.271 e. The van der Waals surface area contributed by atoms with Crippen LogP contribution < -0.4 is 20.2 Å². The number of benzene rings is 2. The molecule has 7 heteroatoms. The highest BCUT2D eigenvalue weighted by Crippen LogP contribution is 2.27. The summed E-state index contributed by atoms with van der Waals surface area (Å²) >= 11 is 0. The first-order chi connectivity index (χ1) is 12.0. The van der Waals surface area contributed by atoms with E-state index < -0.39 is 0 Å². The van der Waals surface area contributed by atoms with E-state index in [1.54, 1.807) is 42.5 Å². The predicted molar refractivity (Wildman–Crippen MR) is 95.4 cm³/mol. The van der Waals surface area contributed by atoms with Crippen molar-refractivity contribution >= 4 is 23.7 Å². The lowest BCUT2D eigenvalue weighted by Gasteiger charge is -2.08. The van der Waals surface area contributed by atoms with Gasteiger partial charge in [0.05, 0.1) is 20.4 Å². The maximum Gasteiger partial charge on any atom is 0.271 e. The van der Waals surface area contributed by atoms with E-state index in [1.807, 2.05) is 0 Å². The molecule has 0 spiro atoms. The monoisotopic (exact) mass is 341 g/mol. The lowest BCUT2D eigenvalue weighted by Crippen LogP contribution is -2.17. The molecule has 0 saturated heterocycles. The van der Waals surface area contributed by atoms with Crippen LogP contribution in [-0.2, 0) is 4.79 Å². The predicted octanol–water partition coefficient (Wildman–Crippen LogP) is 2.43. The average Bonchev–Trinajstić information content (AvgIpc) is 2.62. The highest BCUT2D eigenvalue weighted by molar-refractivity contribution is 5.95. The Balaban J connectivity index is 1.99. The first kappa shape index (κ1) is 18.0. The fourth-order valence-electron chi connectivity index (χ4n) is 2.06. The average molecular weight is 341 g/mol. The molecule has 0 bridgehead atoms. The van der Waals surface area contributed by atoms with Gasteiger partial charge in [0.15, 0.2) is 11.5 Å². The van der Waals surface area contributed by atoms with Crippen molar-refractivity contribution in [1.29, 1.82) is 0 Å². The Morgan fingerprint density at radius 1 is 1.00 bits per heavy atom. The molecule has 0 aromatic heterocycles. The number of rotatable bonds is 6. The molecule has 0 unspecified atom stereocenters. The van der Waals surface area contributed by atoms with Crippen LogP contribution >= 0.6 is 0 Å². The summed E-state index contributed by atoms with van der Waals surface area (Å²) in [7, 11) is 3.03. The first-order valence-electron chi connectivity index (χ1n) is 7.46. The maximum atomic E-state index is 12.1. The Morgan fingerprint density at radius 2 is 1.68 bits per heavy atom. The number of carbonyl (C=O) groups is 2. The zero-order chi connectivity index (χ0) is 18.2. The van der Waals surface area contributed by atoms with Gasteiger partial charge in [0.25, 0.3) is 5.91 Å². The van der Waals surface area contributed by atoms with E-state index in [0.29, 0.717) is 22.7 Å². The lowest BCUT2D eigenvalue weighted by molar-refractivity contribution is -0.114. The second-order valence-electron chi connectivity index (χ2n) is 5.07. The van der Waals surface area contributed by atoms with Crippen LogP contribution in [0.3, 0.4) is 0 Å². The summed E-state index contributed by atoms with van der Waals surface area (Å²) in [5.41, 5.74) is 4.32. The molecule has 0 aliphatic rings. The van der Waals surface area contributed by atoms with Crippen LogP contribution in [0.1, 0.15) is 22.8 Å². The number of hydrogen-bond acceptors (Lipinski definition) is 5. The second kappa shape index (κ2) is 8.49. The number of amides is 2. The molecule has 0 fully saturated rings. The van der Waals surface area contributed by atoms with Gasteiger partial charge in [-0.15, -0.1) is 0 Å². The van der Waals surface area contributed by atoms with E-state index in [1.165, 1.54) is 27.4 Å². The van der Waals surface area contributed by atoms with Crippen molar-refractivity contribution in [2.45, 2.75) is 6.92 Å². The van der Waals surface area contributed by atoms with Crippen molar-refractivity contribution in [3.05, 3.63) is 53.6 Å². The van der Waals surface area contributed by atoms with E-state index in [-0.39, 0.29) is 11.8 Å². The van der Waals surface area contributed by atoms with Crippen molar-refractivity contribution in [2.24, 2.45) is 5.10 Å². The van der Waals surface area contributed by atoms with Crippen LogP contribution in [0.5, 0.6) is 11.5 Å². The molecule has 2 aromatic carbocycles. The first-order valence-corrected chi connectivity index (χ1v) is 7.46. The van der Waals surface area contributed by atoms with Crippen molar-refractivity contribution in [3.8, 4) is 11.5 Å². The normalized spacial score (nSPS) is 10.4. The van der Waals surface area contributed by atoms with Crippen LogP contribution in [0.4, 0.5) is 5.69 Å². The molecule has 0 saturated carbocycles. The Morgan fingerprint density at radius 3 is 2.28 bits per heavy atom. The van der Waals surface area contributed by atoms with Gasteiger partial charge in [-0.25, -0.2) is 5.43 Å². The van der Waals surface area contributed by atoms with Crippen LogP contribution in [-0.4, -0.2) is 32.2 Å². The quantitative estimate of drug-likeness (QED) is 0.624. The minimum absolute atomic E-state index is 0.136. The molecule has 7 nitrogen and oxygen atoms in total. The van der Waals surface area contributed by atoms with E-state index in [2.05, 4.69) is 15.8 Å². The number of ether oxygens (including phenoxy) is 2. The molecule has 2 aromatic rings. The molecule has 0 aliphatic carbocycles. The van der Waals surface area contributed by atoms with Gasteiger partial charge in [-0.3, -0.25) is 9.59 Å². The number of nitrogens with one attached hydrogen (secondary N) is 2. The molecular weight excluding hydrogens is 322 g/mol. The topological polar surface area (TPSA) is 89.0 Å². The summed E-state index contributed by atoms with van der Waals surface area (Å²) < 4.78 is 10.3. The summed E-state index contributed by atoms with van der Waals surface area (Å²) in [5, 5.41) is 6.60. The standard InChI is InChI=1S/C18H19N3O4/c1-12(22)20-15-7-4-13(5-8-15)11-19-21-18(23)14-6-9-16(24-2)17(10-14)25-3/h4-11H,1-3H3,(H,20,22)(H,21,23). The number of methoxy groups -OCH3 is 2. The van der Waals surface area contributed by atoms with Crippen LogP contribution in [0.25, 0.3) is 0 Å². The third-order valence-electron chi connectivity index (χ3n) is 3.26. The van der Waals surface area contributed by atoms with Gasteiger partial charge in [-0.05, 0) is 35.9 Å². The highest BCUT2D eigenvalue weighted by atomic mass is 16.5. The fraction of sp³-hybridized carbons (Fsp3) is 0.167. The Bertz CT molecular complexity index is 785. The summed E-state index contributed by atoms with van der Waals surface area (Å²) in [6.07, 6.45) is 1.51. The molecule has 25 heavy (non-hydrogen) atoms. The molecule has 130 valence electrons. The molecular formula is C18H19N3O4. The minimum atomic E-state index is -0.368. The van der Waals surface area contributed by atoms with Gasteiger partial charge in [-0.2, -0.15) is 5.10 Å². The Hall–Kier alpha value is -3.35. The van der Waals surface area contributed by atoms with Crippen LogP contribution in [0.2, 0.25) is 0 Å². The van der Waals surface area contributed by atoms with E-state index >= 15 is 0 Å². The zero-order valence-electron chi connectivity index (χ0n) is 14.2. The molecule has 0 atom stereocenters. The van der Waals surface area contributed by atoms with Gasteiger partial charge < -0.3 is 14.8 Å². The summed E-state index contributed by atoms with van der Waals surface area (Å²) in [5.74, 6) is 0.505. The largest absolute Gasteiger partial charge is 0.493 e. The number of hydrogen-bond donors (Lipinski definition) is 2. The van der Waals surface area contributed by atoms with Gasteiger partial charge in [0.2, 0.25) is 5.91 Å². The number of carbonyl (C=O) groups excluding carboxylic acids is 2. The minimum Gasteiger partial charge on any atom is -0.493 e. The third-order valence-corrected chi connectivity index (χ3v) is 3.26. The lowest BCUT2D eigenvalue weighted by atomic mass is 10.2. The van der Waals surface area contributed by atoms with Gasteiger partial charge in [-0.1, -0.05) is 12.1 Å². The summed E-state index contributed by atoms with van der Waals surface area (Å²) in [6, 6.07) is 11.9. The van der Waals surface area contributed by atoms with Crippen molar-refractivity contribution in [2.75, 3.05) is 19.5 Å². The van der Waals surface area contributed by atoms with E-state index in [0.717, 1.165) is 5.56 Å². The van der Waals surface area contributed by atoms with Gasteiger partial charge in [0, 0.05) is 18.2 Å². The molecule has 0 radical (unpaired) electrons.